The summed E-state index contributed by atoms with van der Waals surface area (Å²) in [7, 11) is 0. The molecule has 14 N–H and O–H groups in total. The molecule has 498 valence electrons. The van der Waals surface area contributed by atoms with Gasteiger partial charge in [0, 0.05) is 19.8 Å². The summed E-state index contributed by atoms with van der Waals surface area (Å²) in [6, 6.07) is -2.53. The van der Waals surface area contributed by atoms with Crippen molar-refractivity contribution in [1.82, 2.24) is 10.6 Å². The van der Waals surface area contributed by atoms with Crippen molar-refractivity contribution < 1.29 is 104 Å². The summed E-state index contributed by atoms with van der Waals surface area (Å²) < 4.78 is 34.8. The van der Waals surface area contributed by atoms with Crippen LogP contribution < -0.4 is 10.6 Å². The van der Waals surface area contributed by atoms with E-state index in [1.165, 1.54) is 96.3 Å². The van der Waals surface area contributed by atoms with Gasteiger partial charge in [0.2, 0.25) is 11.8 Å². The number of aliphatic hydroxyl groups excluding tert-OH is 11. The number of aliphatic hydroxyl groups is 11. The molecule has 18 atom stereocenters. The van der Waals surface area contributed by atoms with E-state index in [1.54, 1.807) is 0 Å². The first-order valence-electron chi connectivity index (χ1n) is 32.5. The first-order chi connectivity index (χ1) is 40.9. The van der Waals surface area contributed by atoms with E-state index in [-0.39, 0.29) is 18.9 Å². The smallest absolute Gasteiger partial charge is 0.364 e. The number of unbranched alkanes of at least 4 members (excludes halogenated alkanes) is 26. The van der Waals surface area contributed by atoms with E-state index < -0.39 is 148 Å². The largest absolute Gasteiger partial charge is 0.477 e. The molecule has 3 saturated heterocycles. The van der Waals surface area contributed by atoms with E-state index in [1.807, 2.05) is 0 Å². The number of nitrogens with one attached hydrogen (secondary N) is 2. The number of carbonyl (C=O) groups is 3. The van der Waals surface area contributed by atoms with Gasteiger partial charge in [0.1, 0.15) is 67.1 Å². The maximum absolute atomic E-state index is 13.4. The van der Waals surface area contributed by atoms with Gasteiger partial charge in [0.25, 0.3) is 5.79 Å². The second-order valence-electron chi connectivity index (χ2n) is 24.0. The Morgan fingerprint density at radius 3 is 1.60 bits per heavy atom. The van der Waals surface area contributed by atoms with Crippen molar-refractivity contribution in [2.24, 2.45) is 0 Å². The van der Waals surface area contributed by atoms with Crippen molar-refractivity contribution in [2.45, 2.75) is 336 Å². The highest BCUT2D eigenvalue weighted by Crippen LogP contribution is 2.38. The SMILES string of the molecule is CCCCCC/C=C\CCCCCCCCCC(=O)NC(COC1OC(CO)C(OC2OC(CO)C(O)C(OC3(C(=O)O)CC(O)C(NC(C)=O)C(C(O)C(O)CO)O3)C2O)C(O)C1O)C(O)CCCCCCCCCCCCCCCCCC. The molecule has 0 aromatic heterocycles. The molecule has 0 saturated carbocycles. The van der Waals surface area contributed by atoms with Crippen LogP contribution in [0.3, 0.4) is 0 Å². The second-order valence-corrected chi connectivity index (χ2v) is 24.0. The number of ether oxygens (including phenoxy) is 6. The summed E-state index contributed by atoms with van der Waals surface area (Å²) in [5.74, 6) is -6.10. The third-order valence-corrected chi connectivity index (χ3v) is 16.7. The highest BCUT2D eigenvalue weighted by Gasteiger charge is 2.60. The molecule has 23 nitrogen and oxygen atoms in total. The monoisotopic (exact) mass is 1220 g/mol. The molecular formula is C62H114N2O21. The van der Waals surface area contributed by atoms with Crippen molar-refractivity contribution >= 4 is 17.8 Å². The van der Waals surface area contributed by atoms with Crippen molar-refractivity contribution in [3.8, 4) is 0 Å². The molecule has 0 aromatic rings. The van der Waals surface area contributed by atoms with Gasteiger partial charge in [-0.05, 0) is 38.5 Å². The first-order valence-corrected chi connectivity index (χ1v) is 32.5. The normalized spacial score (nSPS) is 29.6. The molecule has 0 aromatic carbocycles. The molecule has 3 rings (SSSR count). The van der Waals surface area contributed by atoms with E-state index in [4.69, 9.17) is 28.4 Å². The lowest BCUT2D eigenvalue weighted by molar-refractivity contribution is -0.386. The van der Waals surface area contributed by atoms with Crippen LogP contribution in [-0.2, 0) is 42.8 Å². The maximum Gasteiger partial charge on any atom is 0.364 e. The Balaban J connectivity index is 1.64. The van der Waals surface area contributed by atoms with Crippen LogP contribution in [0.15, 0.2) is 12.2 Å². The van der Waals surface area contributed by atoms with Crippen molar-refractivity contribution in [3.05, 3.63) is 12.2 Å². The van der Waals surface area contributed by atoms with Gasteiger partial charge in [-0.15, -0.1) is 0 Å². The summed E-state index contributed by atoms with van der Waals surface area (Å²) in [4.78, 5) is 38.5. The lowest BCUT2D eigenvalue weighted by Gasteiger charge is -2.50. The first kappa shape index (κ1) is 76.7. The number of carboxylic acid groups (broad SMARTS) is 1. The van der Waals surface area contributed by atoms with Gasteiger partial charge in [-0.25, -0.2) is 4.79 Å². The summed E-state index contributed by atoms with van der Waals surface area (Å²) in [5, 5.41) is 136. The molecule has 3 aliphatic heterocycles. The van der Waals surface area contributed by atoms with Gasteiger partial charge < -0.3 is 100 Å². The molecule has 3 fully saturated rings. The number of amides is 2. The molecule has 18 unspecified atom stereocenters. The Morgan fingerprint density at radius 1 is 0.600 bits per heavy atom. The second kappa shape index (κ2) is 44.0. The van der Waals surface area contributed by atoms with E-state index >= 15 is 0 Å². The summed E-state index contributed by atoms with van der Waals surface area (Å²) in [6.45, 7) is 2.17. The Bertz CT molecular complexity index is 1790. The number of hydrogen-bond donors (Lipinski definition) is 14. The third-order valence-electron chi connectivity index (χ3n) is 16.7. The van der Waals surface area contributed by atoms with Gasteiger partial charge in [-0.3, -0.25) is 9.59 Å². The van der Waals surface area contributed by atoms with Crippen LogP contribution in [0.25, 0.3) is 0 Å². The fraction of sp³-hybridized carbons (Fsp3) is 0.919. The molecule has 23 heteroatoms. The predicted molar refractivity (Wildman–Crippen MR) is 315 cm³/mol. The van der Waals surface area contributed by atoms with Gasteiger partial charge in [0.05, 0.1) is 50.7 Å². The van der Waals surface area contributed by atoms with Gasteiger partial charge in [-0.2, -0.15) is 0 Å². The van der Waals surface area contributed by atoms with Gasteiger partial charge >= 0.3 is 5.97 Å². The zero-order valence-corrected chi connectivity index (χ0v) is 51.5. The van der Waals surface area contributed by atoms with Crippen LogP contribution >= 0.6 is 0 Å². The number of allylic oxidation sites excluding steroid dienone is 2. The zero-order valence-electron chi connectivity index (χ0n) is 51.5. The van der Waals surface area contributed by atoms with Crippen LogP contribution in [0.2, 0.25) is 0 Å². The van der Waals surface area contributed by atoms with Crippen LogP contribution in [-0.4, -0.2) is 215 Å². The summed E-state index contributed by atoms with van der Waals surface area (Å²) in [5.41, 5.74) is 0. The molecule has 2 amide bonds. The molecule has 0 bridgehead atoms. The van der Waals surface area contributed by atoms with Crippen LogP contribution in [0.5, 0.6) is 0 Å². The zero-order chi connectivity index (χ0) is 62.6. The summed E-state index contributed by atoms with van der Waals surface area (Å²) >= 11 is 0. The minimum absolute atomic E-state index is 0.219. The number of aliphatic carboxylic acids is 1. The van der Waals surface area contributed by atoms with Gasteiger partial charge in [-0.1, -0.05) is 180 Å². The highest BCUT2D eigenvalue weighted by molar-refractivity contribution is 5.77. The lowest BCUT2D eigenvalue weighted by Crippen LogP contribution is -2.70. The average molecular weight is 1220 g/mol. The highest BCUT2D eigenvalue weighted by atomic mass is 16.8. The quantitative estimate of drug-likeness (QED) is 0.0298. The topological polar surface area (TPSA) is 373 Å². The molecule has 3 aliphatic rings. The molecular weight excluding hydrogens is 1110 g/mol. The molecule has 3 heterocycles. The van der Waals surface area contributed by atoms with E-state index in [9.17, 15) is 75.7 Å². The Hall–Kier alpha value is -2.53. The lowest BCUT2D eigenvalue weighted by atomic mass is 9.88. The molecule has 85 heavy (non-hydrogen) atoms. The Morgan fingerprint density at radius 2 is 1.09 bits per heavy atom. The fourth-order valence-electron chi connectivity index (χ4n) is 11.5. The number of carbonyl (C=O) groups excluding carboxylic acids is 2. The number of rotatable bonds is 48. The Labute approximate surface area is 505 Å². The molecule has 0 aliphatic carbocycles. The Kier molecular flexibility index (Phi) is 39.7. The number of carboxylic acids is 1. The van der Waals surface area contributed by atoms with Gasteiger partial charge in [0.15, 0.2) is 12.6 Å². The average Bonchev–Trinajstić information content (AvgIpc) is 1.27. The van der Waals surface area contributed by atoms with E-state index in [2.05, 4.69) is 36.6 Å². The minimum Gasteiger partial charge on any atom is -0.477 e. The van der Waals surface area contributed by atoms with Crippen LogP contribution in [0.1, 0.15) is 226 Å². The standard InChI is InChI=1S/C62H114N2O21/c1-4-6-8-10-12-14-16-18-20-22-23-25-27-29-31-33-35-44(69)43(64-49(72)36-34-32-30-28-26-24-21-19-17-15-13-11-9-7-5-2)41-80-59-54(76)53(75)56(48(40-67)82-59)83-60-55(77)58(52(74)47(39-66)81-60)85-62(61(78)79)37-45(70)50(63-42(3)68)57(84-62)51(73)46(71)38-65/h15,17,43-48,50-60,65-67,69-71,73-77H,4-14,16,18-41H2,1-3H3,(H,63,68)(H,64,72)(H,78,79)/b17-15-. The van der Waals surface area contributed by atoms with Crippen LogP contribution in [0, 0.1) is 0 Å². The summed E-state index contributed by atoms with van der Waals surface area (Å²) in [6.07, 6.45) is 9.33. The van der Waals surface area contributed by atoms with E-state index in [0.29, 0.717) is 19.3 Å². The molecule has 0 radical (unpaired) electrons. The van der Waals surface area contributed by atoms with Crippen molar-refractivity contribution in [3.63, 3.8) is 0 Å². The van der Waals surface area contributed by atoms with Crippen molar-refractivity contribution in [1.29, 1.82) is 0 Å². The van der Waals surface area contributed by atoms with E-state index in [0.717, 1.165) is 84.0 Å². The van der Waals surface area contributed by atoms with Crippen molar-refractivity contribution in [2.75, 3.05) is 26.4 Å². The molecule has 0 spiro atoms. The third kappa shape index (κ3) is 27.6. The fourth-order valence-corrected chi connectivity index (χ4v) is 11.5. The van der Waals surface area contributed by atoms with Crippen LogP contribution in [0.4, 0.5) is 0 Å². The predicted octanol–water partition coefficient (Wildman–Crippen LogP) is 4.34. The minimum atomic E-state index is -3.08. The number of hydrogen-bond acceptors (Lipinski definition) is 20. The maximum atomic E-state index is 13.4.